The predicted molar refractivity (Wildman–Crippen MR) is 209 cm³/mol. The molecular weight excluding hydrogens is 593 g/mol. The molecule has 236 valence electrons. The van der Waals surface area contributed by atoms with E-state index in [1.807, 2.05) is 6.07 Å². The van der Waals surface area contributed by atoms with Crippen molar-refractivity contribution in [2.45, 2.75) is 19.4 Å². The minimum atomic E-state index is 0.235. The highest BCUT2D eigenvalue weighted by Crippen LogP contribution is 2.38. The number of hydrogen-bond acceptors (Lipinski definition) is 2. The second-order valence-electron chi connectivity index (χ2n) is 12.8. The maximum atomic E-state index is 3.86. The van der Waals surface area contributed by atoms with Gasteiger partial charge in [0.15, 0.2) is 0 Å². The number of anilines is 3. The molecule has 0 aromatic heterocycles. The molecule has 0 radical (unpaired) electrons. The van der Waals surface area contributed by atoms with E-state index < -0.39 is 0 Å². The van der Waals surface area contributed by atoms with Crippen LogP contribution in [0.15, 0.2) is 170 Å². The monoisotopic (exact) mass is 630 g/mol. The van der Waals surface area contributed by atoms with Crippen LogP contribution in [0.4, 0.5) is 17.1 Å². The molecule has 2 nitrogen and oxygen atoms in total. The summed E-state index contributed by atoms with van der Waals surface area (Å²) in [6, 6.07) is 61.0. The zero-order chi connectivity index (χ0) is 33.0. The molecule has 0 fully saturated rings. The lowest BCUT2D eigenvalue weighted by atomic mass is 9.91. The molecule has 1 aliphatic rings. The number of nitrogens with one attached hydrogen (secondary N) is 2. The molecule has 0 spiro atoms. The van der Waals surface area contributed by atoms with Crippen LogP contribution in [0, 0.1) is 6.92 Å². The van der Waals surface area contributed by atoms with Crippen LogP contribution in [-0.2, 0) is 0 Å². The van der Waals surface area contributed by atoms with E-state index in [0.717, 1.165) is 23.5 Å². The van der Waals surface area contributed by atoms with Gasteiger partial charge >= 0.3 is 0 Å². The van der Waals surface area contributed by atoms with E-state index in [-0.39, 0.29) is 6.04 Å². The molecular formula is C47H38N2. The van der Waals surface area contributed by atoms with E-state index in [2.05, 4.69) is 194 Å². The van der Waals surface area contributed by atoms with E-state index in [4.69, 9.17) is 0 Å². The highest BCUT2D eigenvalue weighted by molar-refractivity contribution is 5.87. The third kappa shape index (κ3) is 6.54. The average molecular weight is 631 g/mol. The van der Waals surface area contributed by atoms with Crippen LogP contribution in [0.2, 0.25) is 0 Å². The van der Waals surface area contributed by atoms with Crippen LogP contribution >= 0.6 is 0 Å². The van der Waals surface area contributed by atoms with Gasteiger partial charge in [0.25, 0.3) is 0 Å². The summed E-state index contributed by atoms with van der Waals surface area (Å²) in [5.41, 5.74) is 14.2. The lowest BCUT2D eigenvalue weighted by Gasteiger charge is -2.21. The van der Waals surface area contributed by atoms with E-state index in [1.165, 1.54) is 60.5 Å². The first-order valence-corrected chi connectivity index (χ1v) is 17.0. The average Bonchev–Trinajstić information content (AvgIpc) is 3.16. The maximum Gasteiger partial charge on any atom is 0.0488 e. The third-order valence-corrected chi connectivity index (χ3v) is 9.44. The molecule has 1 unspecified atom stereocenters. The Hall–Kier alpha value is -6.12. The normalized spacial score (nSPS) is 13.4. The third-order valence-electron chi connectivity index (χ3n) is 9.44. The van der Waals surface area contributed by atoms with Gasteiger partial charge in [-0.3, -0.25) is 0 Å². The summed E-state index contributed by atoms with van der Waals surface area (Å²) in [5, 5.41) is 10.1. The number of fused-ring (bicyclic) bond motifs is 1. The predicted octanol–water partition coefficient (Wildman–Crippen LogP) is 10.9. The Kier molecular flexibility index (Phi) is 8.36. The van der Waals surface area contributed by atoms with Crippen LogP contribution in [0.25, 0.3) is 56.7 Å². The fourth-order valence-electron chi connectivity index (χ4n) is 6.92. The lowest BCUT2D eigenvalue weighted by molar-refractivity contribution is 0.949. The second-order valence-corrected chi connectivity index (χ2v) is 12.8. The van der Waals surface area contributed by atoms with Gasteiger partial charge in [-0.2, -0.15) is 0 Å². The minimum absolute atomic E-state index is 0.235. The lowest BCUT2D eigenvalue weighted by Crippen LogP contribution is -2.33. The largest absolute Gasteiger partial charge is 0.378 e. The zero-order valence-electron chi connectivity index (χ0n) is 27.6. The Bertz CT molecular complexity index is 2360. The SMILES string of the molecule is Cc1cc(-c2ccc(Nc3ccccc3)c(-c3ccccc3)c2)ccc1-c1ccc(NC2C=c3ccccc3=CC2)c(-c2ccccc2)c1. The Morgan fingerprint density at radius 1 is 0.449 bits per heavy atom. The molecule has 0 amide bonds. The van der Waals surface area contributed by atoms with Crippen molar-refractivity contribution in [1.29, 1.82) is 0 Å². The number of para-hydroxylation sites is 1. The van der Waals surface area contributed by atoms with E-state index in [0.29, 0.717) is 0 Å². The molecule has 2 N–H and O–H groups in total. The quantitative estimate of drug-likeness (QED) is 0.175. The molecule has 7 aromatic carbocycles. The first-order valence-electron chi connectivity index (χ1n) is 17.0. The Morgan fingerprint density at radius 3 is 1.71 bits per heavy atom. The molecule has 8 rings (SSSR count). The summed E-state index contributed by atoms with van der Waals surface area (Å²) in [6.07, 6.45) is 5.65. The first-order chi connectivity index (χ1) is 24.2. The summed E-state index contributed by atoms with van der Waals surface area (Å²) in [7, 11) is 0. The Balaban J connectivity index is 1.13. The number of benzene rings is 7. The van der Waals surface area contributed by atoms with Crippen molar-refractivity contribution < 1.29 is 0 Å². The minimum Gasteiger partial charge on any atom is -0.378 e. The van der Waals surface area contributed by atoms with Gasteiger partial charge in [-0.25, -0.2) is 0 Å². The van der Waals surface area contributed by atoms with Crippen molar-refractivity contribution in [1.82, 2.24) is 0 Å². The van der Waals surface area contributed by atoms with Gasteiger partial charge in [-0.15, -0.1) is 0 Å². The van der Waals surface area contributed by atoms with Crippen LogP contribution in [0.3, 0.4) is 0 Å². The molecule has 0 heterocycles. The number of hydrogen-bond donors (Lipinski definition) is 2. The van der Waals surface area contributed by atoms with Crippen molar-refractivity contribution in [2.75, 3.05) is 10.6 Å². The van der Waals surface area contributed by atoms with Gasteiger partial charge < -0.3 is 10.6 Å². The van der Waals surface area contributed by atoms with Gasteiger partial charge in [-0.1, -0.05) is 146 Å². The standard InChI is InChI=1S/C47H38N2/c1-33-29-38(39-23-27-46(48-41-19-9-4-10-20-41)44(31-39)35-14-5-2-6-15-35)22-26-43(33)40-24-28-47(45(32-40)36-16-7-3-8-17-36)49-42-25-21-34-13-11-12-18-37(34)30-42/h2-24,26-32,42,48-49H,25H2,1H3. The van der Waals surface area contributed by atoms with Crippen LogP contribution in [-0.4, -0.2) is 6.04 Å². The van der Waals surface area contributed by atoms with Crippen molar-refractivity contribution in [2.24, 2.45) is 0 Å². The van der Waals surface area contributed by atoms with E-state index >= 15 is 0 Å². The van der Waals surface area contributed by atoms with Crippen LogP contribution in [0.5, 0.6) is 0 Å². The molecule has 0 bridgehead atoms. The van der Waals surface area contributed by atoms with Gasteiger partial charge in [0, 0.05) is 34.2 Å². The highest BCUT2D eigenvalue weighted by atomic mass is 14.9. The summed E-state index contributed by atoms with van der Waals surface area (Å²) in [5.74, 6) is 0. The Labute approximate surface area is 288 Å². The Morgan fingerprint density at radius 2 is 1.00 bits per heavy atom. The molecule has 1 atom stereocenters. The van der Waals surface area contributed by atoms with Gasteiger partial charge in [0.2, 0.25) is 0 Å². The molecule has 2 heteroatoms. The molecule has 49 heavy (non-hydrogen) atoms. The second kappa shape index (κ2) is 13.5. The van der Waals surface area contributed by atoms with Crippen molar-refractivity contribution in [3.63, 3.8) is 0 Å². The molecule has 0 saturated carbocycles. The zero-order valence-corrected chi connectivity index (χ0v) is 27.6. The molecule has 1 aliphatic carbocycles. The summed E-state index contributed by atoms with van der Waals surface area (Å²) >= 11 is 0. The van der Waals surface area contributed by atoms with Crippen molar-refractivity contribution in [3.8, 4) is 44.5 Å². The van der Waals surface area contributed by atoms with Gasteiger partial charge in [0.05, 0.1) is 0 Å². The highest BCUT2D eigenvalue weighted by Gasteiger charge is 2.15. The summed E-state index contributed by atoms with van der Waals surface area (Å²) in [6.45, 7) is 2.22. The summed E-state index contributed by atoms with van der Waals surface area (Å²) < 4.78 is 0. The van der Waals surface area contributed by atoms with Crippen molar-refractivity contribution >= 4 is 29.2 Å². The molecule has 7 aromatic rings. The smallest absolute Gasteiger partial charge is 0.0488 e. The van der Waals surface area contributed by atoms with Gasteiger partial charge in [0.1, 0.15) is 0 Å². The molecule has 0 aliphatic heterocycles. The fraction of sp³-hybridized carbons (Fsp3) is 0.0638. The van der Waals surface area contributed by atoms with E-state index in [9.17, 15) is 0 Å². The van der Waals surface area contributed by atoms with Gasteiger partial charge in [-0.05, 0) is 99.1 Å². The fourth-order valence-corrected chi connectivity index (χ4v) is 6.92. The first kappa shape index (κ1) is 30.2. The van der Waals surface area contributed by atoms with E-state index in [1.54, 1.807) is 0 Å². The summed E-state index contributed by atoms with van der Waals surface area (Å²) in [4.78, 5) is 0. The van der Waals surface area contributed by atoms with Crippen LogP contribution < -0.4 is 21.1 Å². The topological polar surface area (TPSA) is 24.1 Å². The number of aryl methyl sites for hydroxylation is 1. The number of rotatable bonds is 8. The maximum absolute atomic E-state index is 3.86. The van der Waals surface area contributed by atoms with Crippen molar-refractivity contribution in [3.05, 3.63) is 186 Å². The van der Waals surface area contributed by atoms with Crippen LogP contribution in [0.1, 0.15) is 12.0 Å². The molecule has 0 saturated heterocycles.